The minimum Gasteiger partial charge on any atom is -0.493 e. The van der Waals surface area contributed by atoms with Gasteiger partial charge in [0.05, 0.1) is 33.1 Å². The normalized spacial score (nSPS) is 19.8. The summed E-state index contributed by atoms with van der Waals surface area (Å²) in [6.45, 7) is 9.16. The summed E-state index contributed by atoms with van der Waals surface area (Å²) in [6.07, 6.45) is 3.64. The van der Waals surface area contributed by atoms with Crippen molar-refractivity contribution in [3.8, 4) is 17.2 Å². The fourth-order valence-corrected chi connectivity index (χ4v) is 6.12. The summed E-state index contributed by atoms with van der Waals surface area (Å²) in [7, 11) is 4.60. The lowest BCUT2D eigenvalue weighted by molar-refractivity contribution is -0.132. The molecule has 230 valence electrons. The molecule has 2 aliphatic heterocycles. The number of ether oxygens (including phenoxy) is 3. The van der Waals surface area contributed by atoms with Crippen molar-refractivity contribution in [1.82, 2.24) is 15.1 Å². The molecule has 4 rings (SSSR count). The molecular weight excluding hydrogens is 556 g/mol. The van der Waals surface area contributed by atoms with Gasteiger partial charge in [0.25, 0.3) is 0 Å². The summed E-state index contributed by atoms with van der Waals surface area (Å²) >= 11 is 6.06. The van der Waals surface area contributed by atoms with E-state index < -0.39 is 0 Å². The van der Waals surface area contributed by atoms with Gasteiger partial charge in [-0.25, -0.2) is 4.79 Å². The maximum atomic E-state index is 13.3. The highest BCUT2D eigenvalue weighted by Gasteiger charge is 2.41. The monoisotopic (exact) mass is 600 g/mol. The molecule has 0 aliphatic carbocycles. The number of halogens is 1. The van der Waals surface area contributed by atoms with Gasteiger partial charge < -0.3 is 29.7 Å². The molecule has 42 heavy (non-hydrogen) atoms. The van der Waals surface area contributed by atoms with Crippen LogP contribution in [0, 0.1) is 11.3 Å². The molecule has 2 atom stereocenters. The number of carbonyl (C=O) groups excluding carboxylic acids is 2. The highest BCUT2D eigenvalue weighted by atomic mass is 35.5. The molecule has 0 spiro atoms. The average Bonchev–Trinajstić information content (AvgIpc) is 3.37. The van der Waals surface area contributed by atoms with Gasteiger partial charge in [0.1, 0.15) is 0 Å². The second-order valence-corrected chi connectivity index (χ2v) is 13.0. The van der Waals surface area contributed by atoms with E-state index in [-0.39, 0.29) is 29.4 Å². The van der Waals surface area contributed by atoms with E-state index in [4.69, 9.17) is 25.8 Å². The van der Waals surface area contributed by atoms with Crippen molar-refractivity contribution in [2.45, 2.75) is 58.5 Å². The lowest BCUT2D eigenvalue weighted by Crippen LogP contribution is -2.54. The second kappa shape index (κ2) is 13.9. The number of piperidine rings is 1. The van der Waals surface area contributed by atoms with Crippen LogP contribution in [0.3, 0.4) is 0 Å². The summed E-state index contributed by atoms with van der Waals surface area (Å²) in [5.74, 6) is 2.07. The molecule has 0 unspecified atom stereocenters. The van der Waals surface area contributed by atoms with E-state index in [1.807, 2.05) is 17.0 Å². The maximum absolute atomic E-state index is 13.3. The van der Waals surface area contributed by atoms with E-state index in [1.54, 1.807) is 12.1 Å². The van der Waals surface area contributed by atoms with Crippen molar-refractivity contribution in [2.75, 3.05) is 52.8 Å². The van der Waals surface area contributed by atoms with Gasteiger partial charge in [0.2, 0.25) is 11.7 Å². The zero-order valence-electron chi connectivity index (χ0n) is 25.7. The van der Waals surface area contributed by atoms with Crippen molar-refractivity contribution < 1.29 is 23.8 Å². The zero-order valence-corrected chi connectivity index (χ0v) is 26.4. The van der Waals surface area contributed by atoms with Crippen LogP contribution in [0.15, 0.2) is 36.4 Å². The molecule has 2 aromatic carbocycles. The molecule has 2 aromatic rings. The standard InChI is InChI=1S/C32H45ClN4O5/c1-32(2,3)18-29(38)37-19-25(35-31(39)34-24-16-27(40-4)30(42-6)28(17-24)41-5)26(20-37)36-13-11-22(12-14-36)15-21-7-9-23(33)10-8-21/h7-10,16-17,22,25-26H,11-15,18-20H2,1-6H3,(H2,34,35,39)/t25-,26-/m1/s1. The van der Waals surface area contributed by atoms with Crippen LogP contribution in [0.25, 0.3) is 0 Å². The molecule has 2 N–H and O–H groups in total. The minimum absolute atomic E-state index is 0.0380. The zero-order chi connectivity index (χ0) is 30.4. The number of carbonyl (C=O) groups is 2. The van der Waals surface area contributed by atoms with E-state index in [0.29, 0.717) is 48.4 Å². The van der Waals surface area contributed by atoms with Crippen molar-refractivity contribution in [1.29, 1.82) is 0 Å². The van der Waals surface area contributed by atoms with E-state index in [9.17, 15) is 9.59 Å². The van der Waals surface area contributed by atoms with Crippen LogP contribution in [0.5, 0.6) is 17.2 Å². The topological polar surface area (TPSA) is 92.4 Å². The Morgan fingerprint density at radius 3 is 2.12 bits per heavy atom. The first kappa shape index (κ1) is 31.8. The summed E-state index contributed by atoms with van der Waals surface area (Å²) in [5, 5.41) is 6.85. The number of anilines is 1. The van der Waals surface area contributed by atoms with Crippen molar-refractivity contribution >= 4 is 29.2 Å². The summed E-state index contributed by atoms with van der Waals surface area (Å²) in [4.78, 5) is 30.9. The van der Waals surface area contributed by atoms with Crippen LogP contribution in [0.4, 0.5) is 10.5 Å². The Morgan fingerprint density at radius 2 is 1.57 bits per heavy atom. The summed E-state index contributed by atoms with van der Waals surface area (Å²) in [5.41, 5.74) is 1.71. The quantitative estimate of drug-likeness (QED) is 0.397. The predicted octanol–water partition coefficient (Wildman–Crippen LogP) is 5.46. The molecular formula is C32H45ClN4O5. The number of nitrogens with zero attached hydrogens (tertiary/aromatic N) is 2. The predicted molar refractivity (Wildman–Crippen MR) is 166 cm³/mol. The smallest absolute Gasteiger partial charge is 0.319 e. The van der Waals surface area contributed by atoms with Crippen LogP contribution >= 0.6 is 11.6 Å². The number of methoxy groups -OCH3 is 3. The number of amides is 3. The highest BCUT2D eigenvalue weighted by Crippen LogP contribution is 2.40. The van der Waals surface area contributed by atoms with Gasteiger partial charge in [-0.1, -0.05) is 44.5 Å². The van der Waals surface area contributed by atoms with E-state index in [1.165, 1.54) is 26.9 Å². The third-order valence-electron chi connectivity index (χ3n) is 8.12. The lowest BCUT2D eigenvalue weighted by atomic mass is 9.89. The van der Waals surface area contributed by atoms with E-state index >= 15 is 0 Å². The second-order valence-electron chi connectivity index (χ2n) is 12.5. The number of urea groups is 1. The molecule has 0 bridgehead atoms. The average molecular weight is 601 g/mol. The Morgan fingerprint density at radius 1 is 0.952 bits per heavy atom. The van der Waals surface area contributed by atoms with Gasteiger partial charge in [0, 0.05) is 42.7 Å². The van der Waals surface area contributed by atoms with E-state index in [0.717, 1.165) is 37.4 Å². The molecule has 3 amide bonds. The van der Waals surface area contributed by atoms with Crippen LogP contribution in [0.1, 0.15) is 45.6 Å². The lowest BCUT2D eigenvalue weighted by Gasteiger charge is -2.38. The number of likely N-dealkylation sites (tertiary alicyclic amines) is 2. The fraction of sp³-hybridized carbons (Fsp3) is 0.562. The minimum atomic E-state index is -0.345. The number of hydrogen-bond donors (Lipinski definition) is 2. The van der Waals surface area contributed by atoms with Gasteiger partial charge in [-0.15, -0.1) is 0 Å². The van der Waals surface area contributed by atoms with Crippen LogP contribution in [-0.2, 0) is 11.2 Å². The molecule has 0 aromatic heterocycles. The third kappa shape index (κ3) is 8.22. The highest BCUT2D eigenvalue weighted by molar-refractivity contribution is 6.30. The fourth-order valence-electron chi connectivity index (χ4n) is 6.00. The SMILES string of the molecule is COc1cc(NC(=O)N[C@@H]2CN(C(=O)CC(C)(C)C)C[C@H]2N2CCC(Cc3ccc(Cl)cc3)CC2)cc(OC)c1OC. The molecule has 0 saturated carbocycles. The van der Waals surface area contributed by atoms with Crippen molar-refractivity contribution in [2.24, 2.45) is 11.3 Å². The Bertz CT molecular complexity index is 1200. The first-order valence-corrected chi connectivity index (χ1v) is 15.0. The summed E-state index contributed by atoms with van der Waals surface area (Å²) in [6, 6.07) is 11.0. The van der Waals surface area contributed by atoms with Gasteiger partial charge in [0.15, 0.2) is 11.5 Å². The molecule has 9 nitrogen and oxygen atoms in total. The van der Waals surface area contributed by atoms with E-state index in [2.05, 4.69) is 48.4 Å². The number of rotatable bonds is 9. The van der Waals surface area contributed by atoms with Gasteiger partial charge >= 0.3 is 6.03 Å². The molecule has 10 heteroatoms. The van der Waals surface area contributed by atoms with Crippen molar-refractivity contribution in [3.63, 3.8) is 0 Å². The number of nitrogens with one attached hydrogen (secondary N) is 2. The van der Waals surface area contributed by atoms with Crippen LogP contribution in [0.2, 0.25) is 5.02 Å². The van der Waals surface area contributed by atoms with Gasteiger partial charge in [-0.05, 0) is 61.4 Å². The first-order chi connectivity index (χ1) is 20.0. The Labute approximate surface area is 254 Å². The van der Waals surface area contributed by atoms with Gasteiger partial charge in [-0.3, -0.25) is 9.69 Å². The molecule has 2 heterocycles. The molecule has 2 saturated heterocycles. The van der Waals surface area contributed by atoms with Gasteiger partial charge in [-0.2, -0.15) is 0 Å². The Hall–Kier alpha value is -3.17. The van der Waals surface area contributed by atoms with Crippen LogP contribution < -0.4 is 24.8 Å². The van der Waals surface area contributed by atoms with Crippen LogP contribution in [-0.4, -0.2) is 81.3 Å². The Balaban J connectivity index is 1.44. The molecule has 2 aliphatic rings. The number of benzene rings is 2. The molecule has 2 fully saturated rings. The number of hydrogen-bond acceptors (Lipinski definition) is 6. The first-order valence-electron chi connectivity index (χ1n) is 14.6. The Kier molecular flexibility index (Phi) is 10.5. The molecule has 0 radical (unpaired) electrons. The van der Waals surface area contributed by atoms with Crippen molar-refractivity contribution in [3.05, 3.63) is 47.0 Å². The largest absolute Gasteiger partial charge is 0.493 e. The third-order valence-corrected chi connectivity index (χ3v) is 8.37. The maximum Gasteiger partial charge on any atom is 0.319 e. The summed E-state index contributed by atoms with van der Waals surface area (Å²) < 4.78 is 16.3.